The number of rotatable bonds is 7. The fourth-order valence-electron chi connectivity index (χ4n) is 3.65. The van der Waals surface area contributed by atoms with Gasteiger partial charge in [0.15, 0.2) is 11.0 Å². The number of hydrogen-bond acceptors (Lipinski definition) is 7. The molecule has 3 aromatic rings. The zero-order valence-electron chi connectivity index (χ0n) is 18.9. The normalized spacial score (nSPS) is 13.2. The number of aromatic nitrogens is 4. The Morgan fingerprint density at radius 3 is 2.71 bits per heavy atom. The summed E-state index contributed by atoms with van der Waals surface area (Å²) in [4.78, 5) is 42.9. The summed E-state index contributed by atoms with van der Waals surface area (Å²) >= 11 is 1.14. The van der Waals surface area contributed by atoms with Gasteiger partial charge in [0.25, 0.3) is 0 Å². The van der Waals surface area contributed by atoms with Crippen LogP contribution < -0.4 is 10.6 Å². The van der Waals surface area contributed by atoms with Crippen molar-refractivity contribution in [2.24, 2.45) is 0 Å². The summed E-state index contributed by atoms with van der Waals surface area (Å²) in [6.07, 6.45) is 3.00. The van der Waals surface area contributed by atoms with Gasteiger partial charge in [0, 0.05) is 24.8 Å². The van der Waals surface area contributed by atoms with Crippen LogP contribution in [0.3, 0.4) is 0 Å². The van der Waals surface area contributed by atoms with Gasteiger partial charge in [-0.15, -0.1) is 10.2 Å². The Morgan fingerprint density at radius 2 is 2.00 bits per heavy atom. The SMILES string of the molecule is Cc1ccc(NC(=O)NC(=O)CSc2nnc(CN3CCCC3=O)n2-c2ccccn2)c(C)c1. The first-order valence-corrected chi connectivity index (χ1v) is 11.8. The molecule has 0 bridgehead atoms. The van der Waals surface area contributed by atoms with Gasteiger partial charge >= 0.3 is 6.03 Å². The summed E-state index contributed by atoms with van der Waals surface area (Å²) in [7, 11) is 0. The van der Waals surface area contributed by atoms with Gasteiger partial charge < -0.3 is 10.2 Å². The summed E-state index contributed by atoms with van der Waals surface area (Å²) in [5.74, 6) is 0.709. The van der Waals surface area contributed by atoms with Crippen molar-refractivity contribution in [3.8, 4) is 5.82 Å². The second-order valence-electron chi connectivity index (χ2n) is 7.95. The fraction of sp³-hybridized carbons (Fsp3) is 0.304. The highest BCUT2D eigenvalue weighted by Crippen LogP contribution is 2.23. The van der Waals surface area contributed by atoms with Crippen molar-refractivity contribution >= 4 is 35.3 Å². The van der Waals surface area contributed by atoms with E-state index < -0.39 is 11.9 Å². The third-order valence-electron chi connectivity index (χ3n) is 5.30. The van der Waals surface area contributed by atoms with E-state index in [2.05, 4.69) is 25.8 Å². The third kappa shape index (κ3) is 5.60. The number of hydrogen-bond donors (Lipinski definition) is 2. The largest absolute Gasteiger partial charge is 0.335 e. The molecule has 1 fully saturated rings. The molecule has 1 aromatic carbocycles. The molecule has 1 aliphatic heterocycles. The lowest BCUT2D eigenvalue weighted by molar-refractivity contribution is -0.128. The molecule has 4 rings (SSSR count). The zero-order valence-corrected chi connectivity index (χ0v) is 19.8. The first-order valence-electron chi connectivity index (χ1n) is 10.8. The maximum Gasteiger partial charge on any atom is 0.325 e. The number of anilines is 1. The highest BCUT2D eigenvalue weighted by atomic mass is 32.2. The number of likely N-dealkylation sites (tertiary alicyclic amines) is 1. The minimum atomic E-state index is -0.600. The summed E-state index contributed by atoms with van der Waals surface area (Å²) in [6.45, 7) is 4.84. The lowest BCUT2D eigenvalue weighted by Gasteiger charge is -2.16. The Balaban J connectivity index is 1.42. The van der Waals surface area contributed by atoms with Crippen LogP contribution in [-0.4, -0.2) is 54.8 Å². The van der Waals surface area contributed by atoms with Crippen molar-refractivity contribution in [1.29, 1.82) is 0 Å². The maximum absolute atomic E-state index is 12.4. The number of benzene rings is 1. The molecule has 4 amide bonds. The topological polar surface area (TPSA) is 122 Å². The molecule has 2 aromatic heterocycles. The number of nitrogens with zero attached hydrogens (tertiary/aromatic N) is 5. The summed E-state index contributed by atoms with van der Waals surface area (Å²) in [5.41, 5.74) is 2.63. The van der Waals surface area contributed by atoms with Crippen molar-refractivity contribution in [3.63, 3.8) is 0 Å². The van der Waals surface area contributed by atoms with Crippen LogP contribution in [0.4, 0.5) is 10.5 Å². The molecule has 3 heterocycles. The second kappa shape index (κ2) is 10.5. The third-order valence-corrected chi connectivity index (χ3v) is 6.23. The molecular weight excluding hydrogens is 454 g/mol. The molecular formula is C23H25N7O3S. The van der Waals surface area contributed by atoms with Gasteiger partial charge in [0.1, 0.15) is 5.82 Å². The van der Waals surface area contributed by atoms with Crippen molar-refractivity contribution in [2.75, 3.05) is 17.6 Å². The standard InChI is InChI=1S/C23H25N7O3S/c1-15-8-9-17(16(2)12-15)25-22(33)26-20(31)14-34-23-28-27-19(13-29-11-5-7-21(29)32)30(23)18-6-3-4-10-24-18/h3-4,6,8-10,12H,5,7,11,13-14H2,1-2H3,(H2,25,26,31,33). The molecule has 1 saturated heterocycles. The van der Waals surface area contributed by atoms with Crippen LogP contribution in [0.1, 0.15) is 29.8 Å². The van der Waals surface area contributed by atoms with E-state index in [1.165, 1.54) is 0 Å². The van der Waals surface area contributed by atoms with Crippen LogP contribution in [0.2, 0.25) is 0 Å². The minimum absolute atomic E-state index is 0.0477. The van der Waals surface area contributed by atoms with Gasteiger partial charge in [-0.2, -0.15) is 0 Å². The number of pyridine rings is 1. The summed E-state index contributed by atoms with van der Waals surface area (Å²) in [6, 6.07) is 10.5. The monoisotopic (exact) mass is 479 g/mol. The van der Waals surface area contributed by atoms with Gasteiger partial charge in [-0.05, 0) is 44.0 Å². The van der Waals surface area contributed by atoms with Crippen LogP contribution >= 0.6 is 11.8 Å². The number of urea groups is 1. The average Bonchev–Trinajstić information content (AvgIpc) is 3.41. The lowest BCUT2D eigenvalue weighted by atomic mass is 10.1. The number of carbonyl (C=O) groups excluding carboxylic acids is 3. The van der Waals surface area contributed by atoms with Gasteiger partial charge in [-0.3, -0.25) is 19.5 Å². The van der Waals surface area contributed by atoms with Gasteiger partial charge in [0.05, 0.1) is 12.3 Å². The summed E-state index contributed by atoms with van der Waals surface area (Å²) < 4.78 is 1.74. The number of thioether (sulfide) groups is 1. The highest BCUT2D eigenvalue weighted by Gasteiger charge is 2.24. The molecule has 0 spiro atoms. The fourth-order valence-corrected chi connectivity index (χ4v) is 4.41. The molecule has 10 nitrogen and oxygen atoms in total. The van der Waals surface area contributed by atoms with Crippen LogP contribution in [0.5, 0.6) is 0 Å². The Hall–Kier alpha value is -3.73. The molecule has 0 aliphatic carbocycles. The zero-order chi connectivity index (χ0) is 24.1. The van der Waals surface area contributed by atoms with E-state index in [0.717, 1.165) is 29.3 Å². The van der Waals surface area contributed by atoms with E-state index in [0.29, 0.717) is 42.0 Å². The number of carbonyl (C=O) groups is 3. The Kier molecular flexibility index (Phi) is 7.21. The number of amides is 4. The smallest absolute Gasteiger partial charge is 0.325 e. The molecule has 1 aliphatic rings. The maximum atomic E-state index is 12.4. The predicted octanol–water partition coefficient (Wildman–Crippen LogP) is 2.84. The molecule has 2 N–H and O–H groups in total. The van der Waals surface area contributed by atoms with E-state index in [1.54, 1.807) is 33.9 Å². The number of nitrogens with one attached hydrogen (secondary N) is 2. The Bertz CT molecular complexity index is 1210. The first kappa shape index (κ1) is 23.4. The van der Waals surface area contributed by atoms with Crippen LogP contribution in [0.15, 0.2) is 47.8 Å². The van der Waals surface area contributed by atoms with Crippen LogP contribution in [0, 0.1) is 13.8 Å². The molecule has 0 saturated carbocycles. The number of aryl methyl sites for hydroxylation is 2. The van der Waals surface area contributed by atoms with Crippen LogP contribution in [-0.2, 0) is 16.1 Å². The average molecular weight is 480 g/mol. The van der Waals surface area contributed by atoms with Gasteiger partial charge in [0.2, 0.25) is 11.8 Å². The quantitative estimate of drug-likeness (QED) is 0.500. The summed E-state index contributed by atoms with van der Waals surface area (Å²) in [5, 5.41) is 13.9. The van der Waals surface area contributed by atoms with Crippen LogP contribution in [0.25, 0.3) is 5.82 Å². The van der Waals surface area contributed by atoms with E-state index in [9.17, 15) is 14.4 Å². The predicted molar refractivity (Wildman–Crippen MR) is 128 cm³/mol. The van der Waals surface area contributed by atoms with E-state index in [4.69, 9.17) is 0 Å². The van der Waals surface area contributed by atoms with Crippen molar-refractivity contribution < 1.29 is 14.4 Å². The van der Waals surface area contributed by atoms with E-state index in [-0.39, 0.29) is 11.7 Å². The van der Waals surface area contributed by atoms with Gasteiger partial charge in [-0.25, -0.2) is 9.78 Å². The molecule has 176 valence electrons. The molecule has 0 atom stereocenters. The first-order chi connectivity index (χ1) is 16.4. The van der Waals surface area contributed by atoms with Crippen molar-refractivity contribution in [1.82, 2.24) is 30.0 Å². The molecule has 0 radical (unpaired) electrons. The second-order valence-corrected chi connectivity index (χ2v) is 8.89. The van der Waals surface area contributed by atoms with Crippen molar-refractivity contribution in [2.45, 2.75) is 38.4 Å². The van der Waals surface area contributed by atoms with E-state index >= 15 is 0 Å². The highest BCUT2D eigenvalue weighted by molar-refractivity contribution is 7.99. The number of imide groups is 1. The van der Waals surface area contributed by atoms with Crippen molar-refractivity contribution in [3.05, 3.63) is 59.5 Å². The molecule has 34 heavy (non-hydrogen) atoms. The molecule has 11 heteroatoms. The Labute approximate surface area is 201 Å². The Morgan fingerprint density at radius 1 is 1.15 bits per heavy atom. The minimum Gasteiger partial charge on any atom is -0.335 e. The van der Waals surface area contributed by atoms with E-state index in [1.807, 2.05) is 32.0 Å². The lowest BCUT2D eigenvalue weighted by Crippen LogP contribution is -2.35. The van der Waals surface area contributed by atoms with Gasteiger partial charge in [-0.1, -0.05) is 35.5 Å². The molecule has 0 unspecified atom stereocenters.